The predicted molar refractivity (Wildman–Crippen MR) is 200 cm³/mol. The number of unbranched alkanes of at least 4 members (excludes halogenated alkanes) is 18. The minimum atomic E-state index is 0.257. The molecule has 1 unspecified atom stereocenters. The Morgan fingerprint density at radius 3 is 1.11 bits per heavy atom. The fourth-order valence-corrected chi connectivity index (χ4v) is 6.05. The summed E-state index contributed by atoms with van der Waals surface area (Å²) in [6.07, 6.45) is 50.2. The third-order valence-electron chi connectivity index (χ3n) is 9.09. The van der Waals surface area contributed by atoms with Gasteiger partial charge in [-0.1, -0.05) is 146 Å². The van der Waals surface area contributed by atoms with Crippen LogP contribution in [0.15, 0.2) is 48.6 Å². The van der Waals surface area contributed by atoms with E-state index in [0.29, 0.717) is 0 Å². The largest absolute Gasteiger partial charge is 0.374 e. The first-order valence-electron chi connectivity index (χ1n) is 19.9. The standard InChI is InChI=1S/C42H77NO2/c1-4-7-9-11-13-15-17-19-21-23-25-27-29-31-33-35-37-44-41-39-43(6-3)40-42(41)45-38-36-34-32-30-28-26-24-22-20-18-16-14-12-10-8-5-2/h13-16,19-22,41-42H,4-12,17-18,23-40H2,1-3H3/b15-13-,16-14-,21-19-,22-20-/t41-,42?/m1/s1. The minimum Gasteiger partial charge on any atom is -0.374 e. The molecule has 3 nitrogen and oxygen atoms in total. The fourth-order valence-electron chi connectivity index (χ4n) is 6.05. The van der Waals surface area contributed by atoms with Gasteiger partial charge in [-0.3, -0.25) is 4.90 Å². The van der Waals surface area contributed by atoms with Gasteiger partial charge >= 0.3 is 0 Å². The minimum absolute atomic E-state index is 0.257. The van der Waals surface area contributed by atoms with Gasteiger partial charge in [-0.25, -0.2) is 0 Å². The van der Waals surface area contributed by atoms with Crippen LogP contribution in [0.3, 0.4) is 0 Å². The van der Waals surface area contributed by atoms with E-state index in [2.05, 4.69) is 74.3 Å². The zero-order valence-corrected chi connectivity index (χ0v) is 30.5. The molecule has 2 atom stereocenters. The lowest BCUT2D eigenvalue weighted by atomic mass is 10.1. The van der Waals surface area contributed by atoms with Crippen molar-refractivity contribution in [1.29, 1.82) is 0 Å². The van der Waals surface area contributed by atoms with Crippen molar-refractivity contribution >= 4 is 0 Å². The van der Waals surface area contributed by atoms with Crippen LogP contribution in [0.1, 0.15) is 175 Å². The summed E-state index contributed by atoms with van der Waals surface area (Å²) in [6, 6.07) is 0. The second kappa shape index (κ2) is 34.2. The second-order valence-electron chi connectivity index (χ2n) is 13.3. The van der Waals surface area contributed by atoms with E-state index in [1.165, 1.54) is 141 Å². The van der Waals surface area contributed by atoms with E-state index >= 15 is 0 Å². The first-order chi connectivity index (χ1) is 22.3. The number of hydrogen-bond acceptors (Lipinski definition) is 3. The summed E-state index contributed by atoms with van der Waals surface area (Å²) in [6.45, 7) is 11.7. The van der Waals surface area contributed by atoms with Gasteiger partial charge in [0.05, 0.1) is 12.2 Å². The number of ether oxygens (including phenoxy) is 2. The summed E-state index contributed by atoms with van der Waals surface area (Å²) in [5, 5.41) is 0. The summed E-state index contributed by atoms with van der Waals surface area (Å²) in [5.41, 5.74) is 0. The van der Waals surface area contributed by atoms with Crippen LogP contribution < -0.4 is 0 Å². The molecular formula is C42H77NO2. The SMILES string of the molecule is CCCCC/C=C\C/C=C\CCCCCCCCOC1CN(CC)C[C@H]1OCCCCCCCC/C=C\C/C=C\CCCCC. The van der Waals surface area contributed by atoms with Crippen LogP contribution in [0, 0.1) is 0 Å². The Morgan fingerprint density at radius 2 is 0.756 bits per heavy atom. The van der Waals surface area contributed by atoms with Crippen LogP contribution in [-0.2, 0) is 9.47 Å². The molecule has 262 valence electrons. The first-order valence-corrected chi connectivity index (χ1v) is 19.9. The summed E-state index contributed by atoms with van der Waals surface area (Å²) in [5.74, 6) is 0. The van der Waals surface area contributed by atoms with Gasteiger partial charge in [0, 0.05) is 26.3 Å². The van der Waals surface area contributed by atoms with Crippen molar-refractivity contribution in [3.63, 3.8) is 0 Å². The molecule has 1 heterocycles. The lowest BCUT2D eigenvalue weighted by Crippen LogP contribution is -2.30. The maximum absolute atomic E-state index is 6.36. The van der Waals surface area contributed by atoms with Crippen LogP contribution in [0.4, 0.5) is 0 Å². The number of hydrogen-bond donors (Lipinski definition) is 0. The Kier molecular flexibility index (Phi) is 31.8. The van der Waals surface area contributed by atoms with Crippen LogP contribution in [0.2, 0.25) is 0 Å². The van der Waals surface area contributed by atoms with E-state index in [9.17, 15) is 0 Å². The zero-order chi connectivity index (χ0) is 32.3. The van der Waals surface area contributed by atoms with Crippen molar-refractivity contribution in [3.8, 4) is 0 Å². The molecule has 0 amide bonds. The van der Waals surface area contributed by atoms with Crippen molar-refractivity contribution in [1.82, 2.24) is 4.90 Å². The highest BCUT2D eigenvalue weighted by Gasteiger charge is 2.33. The van der Waals surface area contributed by atoms with Crippen molar-refractivity contribution in [3.05, 3.63) is 48.6 Å². The van der Waals surface area contributed by atoms with Gasteiger partial charge in [-0.05, 0) is 83.6 Å². The molecule has 0 spiro atoms. The average Bonchev–Trinajstić information content (AvgIpc) is 3.45. The highest BCUT2D eigenvalue weighted by atomic mass is 16.5. The van der Waals surface area contributed by atoms with Crippen LogP contribution >= 0.6 is 0 Å². The molecule has 45 heavy (non-hydrogen) atoms. The Hall–Kier alpha value is -1.16. The maximum atomic E-state index is 6.36. The molecule has 0 aromatic rings. The lowest BCUT2D eigenvalue weighted by molar-refractivity contribution is -0.0481. The van der Waals surface area contributed by atoms with Gasteiger partial charge in [-0.15, -0.1) is 0 Å². The number of rotatable bonds is 33. The van der Waals surface area contributed by atoms with E-state index in [0.717, 1.165) is 45.7 Å². The number of likely N-dealkylation sites (N-methyl/N-ethyl adjacent to an activating group) is 1. The molecule has 0 saturated carbocycles. The van der Waals surface area contributed by atoms with Crippen molar-refractivity contribution in [2.75, 3.05) is 32.8 Å². The number of nitrogens with zero attached hydrogens (tertiary/aromatic N) is 1. The highest BCUT2D eigenvalue weighted by Crippen LogP contribution is 2.19. The number of allylic oxidation sites excluding steroid dienone is 8. The maximum Gasteiger partial charge on any atom is 0.0975 e. The van der Waals surface area contributed by atoms with Crippen LogP contribution in [-0.4, -0.2) is 50.0 Å². The molecule has 0 aromatic carbocycles. The Morgan fingerprint density at radius 1 is 0.422 bits per heavy atom. The molecule has 1 saturated heterocycles. The zero-order valence-electron chi connectivity index (χ0n) is 30.5. The molecule has 3 heteroatoms. The van der Waals surface area contributed by atoms with Crippen molar-refractivity contribution < 1.29 is 9.47 Å². The molecule has 0 aromatic heterocycles. The van der Waals surface area contributed by atoms with Gasteiger partial charge in [0.2, 0.25) is 0 Å². The van der Waals surface area contributed by atoms with E-state index in [4.69, 9.17) is 9.47 Å². The molecule has 0 radical (unpaired) electrons. The van der Waals surface area contributed by atoms with E-state index in [1.807, 2.05) is 0 Å². The van der Waals surface area contributed by atoms with E-state index in [-0.39, 0.29) is 12.2 Å². The third-order valence-corrected chi connectivity index (χ3v) is 9.09. The van der Waals surface area contributed by atoms with Crippen molar-refractivity contribution in [2.24, 2.45) is 0 Å². The van der Waals surface area contributed by atoms with Gasteiger partial charge in [0.15, 0.2) is 0 Å². The van der Waals surface area contributed by atoms with Crippen LogP contribution in [0.5, 0.6) is 0 Å². The number of likely N-dealkylation sites (tertiary alicyclic amines) is 1. The topological polar surface area (TPSA) is 21.7 Å². The summed E-state index contributed by atoms with van der Waals surface area (Å²) in [7, 11) is 0. The normalized spacial score (nSPS) is 17.8. The van der Waals surface area contributed by atoms with E-state index in [1.54, 1.807) is 0 Å². The predicted octanol–water partition coefficient (Wildman–Crippen LogP) is 12.7. The third kappa shape index (κ3) is 27.6. The molecule has 1 aliphatic heterocycles. The van der Waals surface area contributed by atoms with Gasteiger partial charge in [0.25, 0.3) is 0 Å². The summed E-state index contributed by atoms with van der Waals surface area (Å²) in [4.78, 5) is 2.49. The summed E-state index contributed by atoms with van der Waals surface area (Å²) < 4.78 is 12.7. The molecule has 0 N–H and O–H groups in total. The average molecular weight is 628 g/mol. The molecule has 0 aliphatic carbocycles. The molecule has 1 aliphatic rings. The molecule has 0 bridgehead atoms. The Balaban J connectivity index is 1.95. The smallest absolute Gasteiger partial charge is 0.0975 e. The summed E-state index contributed by atoms with van der Waals surface area (Å²) >= 11 is 0. The second-order valence-corrected chi connectivity index (χ2v) is 13.3. The first kappa shape index (κ1) is 41.9. The Labute approximate surface area is 282 Å². The molecular weight excluding hydrogens is 550 g/mol. The van der Waals surface area contributed by atoms with Crippen LogP contribution in [0.25, 0.3) is 0 Å². The monoisotopic (exact) mass is 628 g/mol. The Bertz CT molecular complexity index is 653. The molecule has 1 rings (SSSR count). The quantitative estimate of drug-likeness (QED) is 0.0534. The van der Waals surface area contributed by atoms with E-state index < -0.39 is 0 Å². The van der Waals surface area contributed by atoms with Gasteiger partial charge in [0.1, 0.15) is 0 Å². The van der Waals surface area contributed by atoms with Crippen molar-refractivity contribution in [2.45, 2.75) is 187 Å². The lowest BCUT2D eigenvalue weighted by Gasteiger charge is -2.20. The fraction of sp³-hybridized carbons (Fsp3) is 0.810. The highest BCUT2D eigenvalue weighted by molar-refractivity contribution is 4.93. The van der Waals surface area contributed by atoms with Gasteiger partial charge < -0.3 is 9.47 Å². The van der Waals surface area contributed by atoms with Gasteiger partial charge in [-0.2, -0.15) is 0 Å². The molecule has 1 fully saturated rings.